The fourth-order valence-electron chi connectivity index (χ4n) is 2.25. The zero-order chi connectivity index (χ0) is 14.1. The molecule has 1 aromatic rings. The van der Waals surface area contributed by atoms with Gasteiger partial charge < -0.3 is 0 Å². The first-order valence-corrected chi connectivity index (χ1v) is 10.1. The van der Waals surface area contributed by atoms with E-state index in [1.54, 1.807) is 0 Å². The second kappa shape index (κ2) is 9.25. The lowest BCUT2D eigenvalue weighted by molar-refractivity contribution is 0.752. The van der Waals surface area contributed by atoms with E-state index in [9.17, 15) is 0 Å². The molecule has 0 aliphatic rings. The average Bonchev–Trinajstić information content (AvgIpc) is 2.40. The third-order valence-corrected chi connectivity index (χ3v) is 7.01. The van der Waals surface area contributed by atoms with Gasteiger partial charge in [0.25, 0.3) is 0 Å². The van der Waals surface area contributed by atoms with Crippen LogP contribution in [0.15, 0.2) is 30.3 Å². The number of hydrogen-bond acceptors (Lipinski definition) is 3. The van der Waals surface area contributed by atoms with E-state index in [1.807, 2.05) is 0 Å². The summed E-state index contributed by atoms with van der Waals surface area (Å²) in [4.78, 5) is 0. The van der Waals surface area contributed by atoms with Crippen molar-refractivity contribution in [1.82, 2.24) is 0 Å². The van der Waals surface area contributed by atoms with Crippen LogP contribution >= 0.6 is 35.3 Å². The van der Waals surface area contributed by atoms with Crippen LogP contribution in [0.5, 0.6) is 0 Å². The van der Waals surface area contributed by atoms with Crippen LogP contribution in [0.2, 0.25) is 0 Å². The van der Waals surface area contributed by atoms with Gasteiger partial charge in [-0.25, -0.2) is 0 Å². The third kappa shape index (κ3) is 6.05. The summed E-state index contributed by atoms with van der Waals surface area (Å²) in [7, 11) is 0. The Bertz CT molecular complexity index is 331. The molecule has 0 N–H and O–H groups in total. The Morgan fingerprint density at radius 2 is 1.53 bits per heavy atom. The Hall–Kier alpha value is 0.270. The summed E-state index contributed by atoms with van der Waals surface area (Å²) in [6.07, 6.45) is 1.24. The largest absolute Gasteiger partial charge is 0.154 e. The molecule has 0 saturated carbocycles. The summed E-state index contributed by atoms with van der Waals surface area (Å²) < 4.78 is 0.339. The minimum absolute atomic E-state index is 0.339. The Kier molecular flexibility index (Phi) is 8.43. The molecule has 1 aromatic carbocycles. The molecule has 3 heteroatoms. The normalized spacial score (nSPS) is 13.5. The topological polar surface area (TPSA) is 0 Å². The molecule has 0 radical (unpaired) electrons. The van der Waals surface area contributed by atoms with Gasteiger partial charge in [0.05, 0.1) is 4.08 Å². The van der Waals surface area contributed by atoms with Crippen molar-refractivity contribution in [3.63, 3.8) is 0 Å². The van der Waals surface area contributed by atoms with E-state index in [4.69, 9.17) is 0 Å². The molecule has 0 amide bonds. The summed E-state index contributed by atoms with van der Waals surface area (Å²) in [5, 5.41) is 0.620. The van der Waals surface area contributed by atoms with Crippen LogP contribution in [0, 0.1) is 0 Å². The number of thioether (sulfide) groups is 3. The Morgan fingerprint density at radius 1 is 0.947 bits per heavy atom. The van der Waals surface area contributed by atoms with Gasteiger partial charge in [-0.15, -0.1) is 23.5 Å². The van der Waals surface area contributed by atoms with E-state index >= 15 is 0 Å². The smallest absolute Gasteiger partial charge is 0.0596 e. The molecule has 0 aliphatic heterocycles. The molecule has 19 heavy (non-hydrogen) atoms. The van der Waals surface area contributed by atoms with E-state index in [2.05, 4.69) is 93.3 Å². The quantitative estimate of drug-likeness (QED) is 0.506. The molecule has 108 valence electrons. The standard InChI is InChI=1S/C16H26S3/c1-5-17-15(14-11-9-8-10-12-14)13-16(4,18-6-2)19-7-3/h8-12,15H,5-7,13H2,1-4H3. The molecule has 0 nitrogen and oxygen atoms in total. The van der Waals surface area contributed by atoms with Gasteiger partial charge in [-0.2, -0.15) is 11.8 Å². The molecule has 0 aliphatic carbocycles. The van der Waals surface area contributed by atoms with Crippen LogP contribution in [-0.2, 0) is 0 Å². The summed E-state index contributed by atoms with van der Waals surface area (Å²) >= 11 is 6.28. The van der Waals surface area contributed by atoms with Gasteiger partial charge in [0, 0.05) is 5.25 Å². The van der Waals surface area contributed by atoms with Crippen molar-refractivity contribution < 1.29 is 0 Å². The van der Waals surface area contributed by atoms with Gasteiger partial charge in [-0.1, -0.05) is 51.1 Å². The SMILES string of the molecule is CCSC(CC(C)(SCC)SCC)c1ccccc1. The van der Waals surface area contributed by atoms with Crippen LogP contribution in [-0.4, -0.2) is 21.3 Å². The Balaban J connectivity index is 2.81. The minimum atomic E-state index is 0.339. The predicted octanol–water partition coefficient (Wildman–Crippen LogP) is 6.09. The second-order valence-corrected chi connectivity index (χ2v) is 9.83. The van der Waals surface area contributed by atoms with Gasteiger partial charge in [0.2, 0.25) is 0 Å². The lowest BCUT2D eigenvalue weighted by atomic mass is 10.1. The highest BCUT2D eigenvalue weighted by Gasteiger charge is 2.29. The lowest BCUT2D eigenvalue weighted by Gasteiger charge is -2.32. The molecule has 1 unspecified atom stereocenters. The monoisotopic (exact) mass is 314 g/mol. The van der Waals surface area contributed by atoms with Crippen LogP contribution in [0.1, 0.15) is 44.9 Å². The molecular weight excluding hydrogens is 288 g/mol. The first-order chi connectivity index (χ1) is 9.15. The van der Waals surface area contributed by atoms with Crippen LogP contribution < -0.4 is 0 Å². The number of rotatable bonds is 9. The number of benzene rings is 1. The van der Waals surface area contributed by atoms with Crippen molar-refractivity contribution in [3.8, 4) is 0 Å². The van der Waals surface area contributed by atoms with Crippen LogP contribution in [0.3, 0.4) is 0 Å². The van der Waals surface area contributed by atoms with Gasteiger partial charge in [0.1, 0.15) is 0 Å². The first kappa shape index (κ1) is 17.3. The average molecular weight is 315 g/mol. The fraction of sp³-hybridized carbons (Fsp3) is 0.625. The minimum Gasteiger partial charge on any atom is -0.154 e. The second-order valence-electron chi connectivity index (χ2n) is 4.56. The number of hydrogen-bond donors (Lipinski definition) is 0. The molecule has 0 aromatic heterocycles. The third-order valence-electron chi connectivity index (χ3n) is 2.99. The molecule has 1 atom stereocenters. The fourth-order valence-corrected chi connectivity index (χ4v) is 6.49. The summed E-state index contributed by atoms with van der Waals surface area (Å²) in [5.74, 6) is 3.58. The molecule has 0 fully saturated rings. The van der Waals surface area contributed by atoms with Crippen molar-refractivity contribution in [3.05, 3.63) is 35.9 Å². The van der Waals surface area contributed by atoms with E-state index < -0.39 is 0 Å². The molecule has 0 spiro atoms. The van der Waals surface area contributed by atoms with Gasteiger partial charge >= 0.3 is 0 Å². The maximum absolute atomic E-state index is 2.42. The zero-order valence-electron chi connectivity index (χ0n) is 12.5. The Morgan fingerprint density at radius 3 is 2.00 bits per heavy atom. The van der Waals surface area contributed by atoms with Crippen LogP contribution in [0.4, 0.5) is 0 Å². The molecule has 0 saturated heterocycles. The van der Waals surface area contributed by atoms with Crippen molar-refractivity contribution >= 4 is 35.3 Å². The maximum atomic E-state index is 2.42. The highest BCUT2D eigenvalue weighted by Crippen LogP contribution is 2.47. The molecule has 1 rings (SSSR count). The van der Waals surface area contributed by atoms with E-state index in [-0.39, 0.29) is 0 Å². The zero-order valence-corrected chi connectivity index (χ0v) is 15.0. The van der Waals surface area contributed by atoms with Gasteiger partial charge in [-0.3, -0.25) is 0 Å². The van der Waals surface area contributed by atoms with Crippen molar-refractivity contribution in [1.29, 1.82) is 0 Å². The molecular formula is C16H26S3. The van der Waals surface area contributed by atoms with Gasteiger partial charge in [0.15, 0.2) is 0 Å². The summed E-state index contributed by atoms with van der Waals surface area (Å²) in [5.41, 5.74) is 1.48. The van der Waals surface area contributed by atoms with Gasteiger partial charge in [-0.05, 0) is 36.2 Å². The molecule has 0 heterocycles. The first-order valence-electron chi connectivity index (χ1n) is 7.09. The van der Waals surface area contributed by atoms with Crippen LogP contribution in [0.25, 0.3) is 0 Å². The van der Waals surface area contributed by atoms with Crippen molar-refractivity contribution in [2.45, 2.75) is 43.4 Å². The van der Waals surface area contributed by atoms with E-state index in [0.29, 0.717) is 9.33 Å². The maximum Gasteiger partial charge on any atom is 0.0596 e. The lowest BCUT2D eigenvalue weighted by Crippen LogP contribution is -2.19. The van der Waals surface area contributed by atoms with E-state index in [0.717, 1.165) is 0 Å². The summed E-state index contributed by atoms with van der Waals surface area (Å²) in [6, 6.07) is 11.0. The van der Waals surface area contributed by atoms with Crippen molar-refractivity contribution in [2.24, 2.45) is 0 Å². The highest BCUT2D eigenvalue weighted by molar-refractivity contribution is 8.18. The summed E-state index contributed by atoms with van der Waals surface area (Å²) in [6.45, 7) is 9.21. The highest BCUT2D eigenvalue weighted by atomic mass is 32.2. The van der Waals surface area contributed by atoms with E-state index in [1.165, 1.54) is 29.2 Å². The Labute approximate surface area is 131 Å². The molecule has 0 bridgehead atoms. The predicted molar refractivity (Wildman–Crippen MR) is 96.6 cm³/mol. The van der Waals surface area contributed by atoms with Crippen molar-refractivity contribution in [2.75, 3.05) is 17.3 Å².